The highest BCUT2D eigenvalue weighted by Crippen LogP contribution is 2.46. The van der Waals surface area contributed by atoms with E-state index >= 15 is 0 Å². The molecule has 0 saturated carbocycles. The number of carbonyl (C=O) groups excluding carboxylic acids is 6. The van der Waals surface area contributed by atoms with Crippen LogP contribution in [0.15, 0.2) is 162 Å². The Balaban J connectivity index is 0.000000296. The van der Waals surface area contributed by atoms with E-state index in [1.54, 1.807) is 39.0 Å². The first-order chi connectivity index (χ1) is 35.9. The number of Topliss-reactive ketones (excluding diaryl/α,β-unsaturated/α-hetero) is 2. The van der Waals surface area contributed by atoms with Crippen LogP contribution in [0, 0.1) is 35.5 Å². The van der Waals surface area contributed by atoms with Crippen molar-refractivity contribution in [2.75, 3.05) is 19.8 Å². The summed E-state index contributed by atoms with van der Waals surface area (Å²) in [6.45, 7) is 19.1. The Hall–Kier alpha value is -7.04. The lowest BCUT2D eigenvalue weighted by atomic mass is 9.64. The third kappa shape index (κ3) is 26.1. The van der Waals surface area contributed by atoms with E-state index in [4.69, 9.17) is 28.4 Å². The van der Waals surface area contributed by atoms with Crippen molar-refractivity contribution in [3.8, 4) is 11.8 Å². The van der Waals surface area contributed by atoms with Gasteiger partial charge in [0.25, 0.3) is 0 Å². The summed E-state index contributed by atoms with van der Waals surface area (Å²) >= 11 is 0. The lowest BCUT2D eigenvalue weighted by Gasteiger charge is -2.37. The average Bonchev–Trinajstić information content (AvgIpc) is 3.66. The standard InChI is InChI=1S/2C21H26O4.C21H24O4/c1-13-11-18-20(15(3)25-21(18)23)19(14(2)22)17(13)9-10-24-12-16-7-5-4-6-8-16;2*1-17(8-7-15-24-16-20-9-5-4-6-10-20)11-14-21(23)25-19(3)13-12-18(2)22/h4-8,11,15,17-20H,9-10,12H2,1-3H3;4-6,8-14,19H,7,15-16H2,1-3H3;4-6,8-11,14,19H,7,15-16H2,1-3H3/b;13-12-,14-11+,17-8+;14-11+,17-8+/t15-,17-,18-,19+,20-;2*19-/m111/s1. The molecule has 400 valence electrons. The molecule has 12 nitrogen and oxygen atoms in total. The van der Waals surface area contributed by atoms with E-state index in [1.165, 1.54) is 32.1 Å². The Kier molecular flexibility index (Phi) is 29.2. The number of ketones is 3. The zero-order chi connectivity index (χ0) is 55.0. The molecule has 0 radical (unpaired) electrons. The van der Waals surface area contributed by atoms with Crippen molar-refractivity contribution < 1.29 is 57.2 Å². The van der Waals surface area contributed by atoms with Gasteiger partial charge in [-0.1, -0.05) is 144 Å². The van der Waals surface area contributed by atoms with Gasteiger partial charge in [-0.25, -0.2) is 9.59 Å². The molecule has 3 aromatic rings. The highest BCUT2D eigenvalue weighted by atomic mass is 16.6. The molecule has 2 aliphatic rings. The van der Waals surface area contributed by atoms with E-state index in [2.05, 4.69) is 11.8 Å². The third-order valence-corrected chi connectivity index (χ3v) is 11.9. The first kappa shape index (κ1) is 62.3. The normalized spacial score (nSPS) is 19.0. The van der Waals surface area contributed by atoms with Crippen LogP contribution < -0.4 is 0 Å². The van der Waals surface area contributed by atoms with Crippen LogP contribution in [0.1, 0.15) is 98.3 Å². The maximum Gasteiger partial charge on any atom is 0.331 e. The number of hydrogen-bond donors (Lipinski definition) is 0. The summed E-state index contributed by atoms with van der Waals surface area (Å²) in [5, 5.41) is 0. The van der Waals surface area contributed by atoms with Gasteiger partial charge in [-0.05, 0) is 115 Å². The van der Waals surface area contributed by atoms with Crippen molar-refractivity contribution in [1.29, 1.82) is 0 Å². The number of carbonyl (C=O) groups is 6. The summed E-state index contributed by atoms with van der Waals surface area (Å²) in [5.41, 5.74) is 6.46. The van der Waals surface area contributed by atoms with E-state index in [0.29, 0.717) is 39.6 Å². The summed E-state index contributed by atoms with van der Waals surface area (Å²) < 4.78 is 32.6. The zero-order valence-corrected chi connectivity index (χ0v) is 45.2. The zero-order valence-electron chi connectivity index (χ0n) is 45.2. The predicted octanol–water partition coefficient (Wildman–Crippen LogP) is 11.3. The Morgan fingerprint density at radius 2 is 1.11 bits per heavy atom. The van der Waals surface area contributed by atoms with Gasteiger partial charge < -0.3 is 28.4 Å². The molecular weight excluding hydrogens is 949 g/mol. The van der Waals surface area contributed by atoms with Crippen LogP contribution in [0.25, 0.3) is 0 Å². The van der Waals surface area contributed by atoms with Crippen molar-refractivity contribution >= 4 is 35.3 Å². The maximum absolute atomic E-state index is 12.4. The minimum atomic E-state index is -0.614. The maximum atomic E-state index is 12.4. The number of cyclic esters (lactones) is 1. The molecule has 1 heterocycles. The molecular formula is C63H76O12. The van der Waals surface area contributed by atoms with Crippen LogP contribution in [0.5, 0.6) is 0 Å². The van der Waals surface area contributed by atoms with E-state index < -0.39 is 24.1 Å². The molecule has 0 N–H and O–H groups in total. The van der Waals surface area contributed by atoms with Crippen molar-refractivity contribution in [3.63, 3.8) is 0 Å². The van der Waals surface area contributed by atoms with E-state index in [-0.39, 0.29) is 53.1 Å². The van der Waals surface area contributed by atoms with Gasteiger partial charge in [-0.15, -0.1) is 0 Å². The van der Waals surface area contributed by atoms with Crippen LogP contribution in [0.2, 0.25) is 0 Å². The molecule has 3 aromatic carbocycles. The Morgan fingerprint density at radius 3 is 1.56 bits per heavy atom. The Morgan fingerprint density at radius 1 is 0.640 bits per heavy atom. The number of ether oxygens (including phenoxy) is 6. The summed E-state index contributed by atoms with van der Waals surface area (Å²) in [4.78, 5) is 69.2. The summed E-state index contributed by atoms with van der Waals surface area (Å²) in [6.07, 6.45) is 16.2. The second-order valence-corrected chi connectivity index (χ2v) is 18.5. The van der Waals surface area contributed by atoms with Crippen molar-refractivity contribution in [2.45, 2.75) is 120 Å². The van der Waals surface area contributed by atoms with Gasteiger partial charge in [-0.2, -0.15) is 0 Å². The summed E-state index contributed by atoms with van der Waals surface area (Å²) in [7, 11) is 0. The Labute approximate surface area is 444 Å². The molecule has 0 spiro atoms. The number of benzene rings is 3. The van der Waals surface area contributed by atoms with Crippen molar-refractivity contribution in [3.05, 3.63) is 179 Å². The molecule has 1 aliphatic carbocycles. The second-order valence-electron chi connectivity index (χ2n) is 18.5. The molecule has 1 aliphatic heterocycles. The smallest absolute Gasteiger partial charge is 0.331 e. The first-order valence-electron chi connectivity index (χ1n) is 25.5. The third-order valence-electron chi connectivity index (χ3n) is 11.9. The Bertz CT molecular complexity index is 2520. The molecule has 75 heavy (non-hydrogen) atoms. The topological polar surface area (TPSA) is 158 Å². The van der Waals surface area contributed by atoms with Crippen LogP contribution >= 0.6 is 0 Å². The second kappa shape index (κ2) is 35.2. The van der Waals surface area contributed by atoms with Gasteiger partial charge in [0.2, 0.25) is 5.78 Å². The van der Waals surface area contributed by atoms with Crippen molar-refractivity contribution in [2.24, 2.45) is 23.7 Å². The van der Waals surface area contributed by atoms with Crippen LogP contribution in [-0.4, -0.2) is 73.4 Å². The SMILES string of the molecule is CC(=O)/C=C\[C@@H](C)OC(=O)/C=C/C(C)=C/CCOCc1ccccc1.CC(=O)C#C[C@@H](C)OC(=O)/C=C/C(C)=C/CCOCc1ccccc1.CC(=O)[C@@H]1[C@@H]2[C@@H](C)OC(=O)[C@@H]2C=C(C)[C@H]1CCOCc1ccccc1. The molecule has 0 amide bonds. The molecule has 0 bridgehead atoms. The summed E-state index contributed by atoms with van der Waals surface area (Å²) in [6, 6.07) is 30.1. The van der Waals surface area contributed by atoms with Gasteiger partial charge in [0.15, 0.2) is 11.9 Å². The fourth-order valence-corrected chi connectivity index (χ4v) is 8.16. The molecule has 0 unspecified atom stereocenters. The van der Waals surface area contributed by atoms with Gasteiger partial charge >= 0.3 is 17.9 Å². The minimum absolute atomic E-state index is 0.0483. The molecule has 12 heteroatoms. The number of esters is 3. The first-order valence-corrected chi connectivity index (χ1v) is 25.5. The number of fused-ring (bicyclic) bond motifs is 1. The fourth-order valence-electron chi connectivity index (χ4n) is 8.16. The monoisotopic (exact) mass is 1020 g/mol. The highest BCUT2D eigenvalue weighted by molar-refractivity contribution is 5.93. The van der Waals surface area contributed by atoms with Gasteiger partial charge in [0.05, 0.1) is 39.0 Å². The van der Waals surface area contributed by atoms with E-state index in [9.17, 15) is 28.8 Å². The van der Waals surface area contributed by atoms with Crippen LogP contribution in [-0.2, 0) is 77.0 Å². The molecule has 1 fully saturated rings. The molecule has 1 saturated heterocycles. The lowest BCUT2D eigenvalue weighted by Crippen LogP contribution is -2.40. The summed E-state index contributed by atoms with van der Waals surface area (Å²) in [5.74, 6) is 3.22. The lowest BCUT2D eigenvalue weighted by molar-refractivity contribution is -0.143. The molecule has 5 rings (SSSR count). The number of allylic oxidation sites excluding steroid dienone is 6. The molecule has 0 aromatic heterocycles. The number of hydrogen-bond acceptors (Lipinski definition) is 12. The largest absolute Gasteiger partial charge is 0.462 e. The fraction of sp³-hybridized carbons (Fsp3) is 0.397. The predicted molar refractivity (Wildman–Crippen MR) is 291 cm³/mol. The highest BCUT2D eigenvalue weighted by Gasteiger charge is 2.52. The minimum Gasteiger partial charge on any atom is -0.462 e. The van der Waals surface area contributed by atoms with Gasteiger partial charge in [0.1, 0.15) is 18.0 Å². The average molecular weight is 1030 g/mol. The van der Waals surface area contributed by atoms with Crippen molar-refractivity contribution in [1.82, 2.24) is 0 Å². The van der Waals surface area contributed by atoms with E-state index in [0.717, 1.165) is 52.7 Å². The number of rotatable bonds is 24. The quantitative estimate of drug-likeness (QED) is 0.0122. The van der Waals surface area contributed by atoms with E-state index in [1.807, 2.05) is 137 Å². The van der Waals surface area contributed by atoms with Crippen LogP contribution in [0.4, 0.5) is 0 Å². The molecule has 7 atom stereocenters. The van der Waals surface area contributed by atoms with Gasteiger partial charge in [-0.3, -0.25) is 19.2 Å². The van der Waals surface area contributed by atoms with Crippen LogP contribution in [0.3, 0.4) is 0 Å². The van der Waals surface area contributed by atoms with Gasteiger partial charge in [0, 0.05) is 37.5 Å².